The van der Waals surface area contributed by atoms with Gasteiger partial charge in [0.15, 0.2) is 0 Å². The molecule has 1 heterocycles. The molecule has 7 heteroatoms. The second kappa shape index (κ2) is 7.70. The lowest BCUT2D eigenvalue weighted by Crippen LogP contribution is -2.53. The molecule has 1 aliphatic carbocycles. The molecular weight excluding hydrogens is 326 g/mol. The normalized spacial score (nSPS) is 20.8. The van der Waals surface area contributed by atoms with Crippen LogP contribution in [-0.2, 0) is 9.59 Å². The van der Waals surface area contributed by atoms with Crippen molar-refractivity contribution in [3.05, 3.63) is 35.9 Å². The fourth-order valence-corrected chi connectivity index (χ4v) is 4.31. The molecule has 2 aliphatic rings. The Bertz CT molecular complexity index is 617. The highest BCUT2D eigenvalue weighted by Gasteiger charge is 2.38. The van der Waals surface area contributed by atoms with E-state index in [9.17, 15) is 14.4 Å². The van der Waals surface area contributed by atoms with Crippen molar-refractivity contribution in [1.82, 2.24) is 15.8 Å². The molecule has 0 bridgehead atoms. The maximum absolute atomic E-state index is 12.6. The van der Waals surface area contributed by atoms with E-state index in [-0.39, 0.29) is 23.6 Å². The molecule has 128 valence electrons. The average Bonchev–Trinajstić information content (AvgIpc) is 3.31. The molecule has 1 aromatic carbocycles. The molecule has 1 saturated heterocycles. The Morgan fingerprint density at radius 1 is 1.04 bits per heavy atom. The molecule has 1 aliphatic heterocycles. The quantitative estimate of drug-likeness (QED) is 0.813. The van der Waals surface area contributed by atoms with E-state index < -0.39 is 6.04 Å². The Labute approximate surface area is 145 Å². The van der Waals surface area contributed by atoms with Crippen molar-refractivity contribution in [2.45, 2.75) is 31.7 Å². The Balaban J connectivity index is 1.55. The van der Waals surface area contributed by atoms with Crippen molar-refractivity contribution in [2.75, 3.05) is 11.6 Å². The lowest BCUT2D eigenvalue weighted by atomic mass is 10.1. The summed E-state index contributed by atoms with van der Waals surface area (Å²) in [6.45, 7) is 0. The van der Waals surface area contributed by atoms with Gasteiger partial charge in [-0.1, -0.05) is 31.0 Å². The summed E-state index contributed by atoms with van der Waals surface area (Å²) in [6, 6.07) is 8.15. The van der Waals surface area contributed by atoms with Gasteiger partial charge in [0.05, 0.1) is 5.88 Å². The number of rotatable bonds is 3. The molecule has 0 spiro atoms. The number of benzene rings is 1. The van der Waals surface area contributed by atoms with E-state index in [4.69, 9.17) is 0 Å². The van der Waals surface area contributed by atoms with Crippen LogP contribution < -0.4 is 10.9 Å². The number of hydrazine groups is 1. The molecule has 3 rings (SSSR count). The molecule has 1 atom stereocenters. The minimum atomic E-state index is -0.515. The fourth-order valence-electron chi connectivity index (χ4n) is 3.15. The highest BCUT2D eigenvalue weighted by Crippen LogP contribution is 2.30. The lowest BCUT2D eigenvalue weighted by molar-refractivity contribution is -0.141. The Hall–Kier alpha value is -2.02. The average molecular weight is 347 g/mol. The van der Waals surface area contributed by atoms with E-state index >= 15 is 0 Å². The number of thioether (sulfide) groups is 1. The second-order valence-electron chi connectivity index (χ2n) is 6.11. The van der Waals surface area contributed by atoms with Gasteiger partial charge in [-0.2, -0.15) is 0 Å². The minimum absolute atomic E-state index is 0.0536. The van der Waals surface area contributed by atoms with E-state index in [2.05, 4.69) is 10.9 Å². The standard InChI is InChI=1S/C17H21N3O3S/c21-15(12-6-2-1-3-7-12)18-19-16(22)14-10-24-11-20(14)17(23)13-8-4-5-9-13/h1-3,6-7,13-14H,4-5,8-11H2,(H,18,21)(H,19,22). The first-order valence-corrected chi connectivity index (χ1v) is 9.36. The van der Waals surface area contributed by atoms with Gasteiger partial charge in [-0.25, -0.2) is 0 Å². The predicted molar refractivity (Wildman–Crippen MR) is 92.0 cm³/mol. The van der Waals surface area contributed by atoms with Crippen LogP contribution >= 0.6 is 11.8 Å². The van der Waals surface area contributed by atoms with E-state index in [1.807, 2.05) is 6.07 Å². The molecule has 24 heavy (non-hydrogen) atoms. The van der Waals surface area contributed by atoms with E-state index in [1.54, 1.807) is 40.9 Å². The van der Waals surface area contributed by atoms with Crippen molar-refractivity contribution >= 4 is 29.5 Å². The molecule has 1 aromatic rings. The lowest BCUT2D eigenvalue weighted by Gasteiger charge is -2.25. The van der Waals surface area contributed by atoms with E-state index in [1.165, 1.54) is 0 Å². The van der Waals surface area contributed by atoms with Gasteiger partial charge in [-0.15, -0.1) is 11.8 Å². The molecule has 0 aromatic heterocycles. The number of amides is 3. The van der Waals surface area contributed by atoms with Crippen molar-refractivity contribution < 1.29 is 14.4 Å². The zero-order valence-corrected chi connectivity index (χ0v) is 14.2. The summed E-state index contributed by atoms with van der Waals surface area (Å²) in [5.41, 5.74) is 5.34. The molecular formula is C17H21N3O3S. The third-order valence-corrected chi connectivity index (χ3v) is 5.52. The van der Waals surface area contributed by atoms with E-state index in [0.29, 0.717) is 17.2 Å². The zero-order chi connectivity index (χ0) is 16.9. The van der Waals surface area contributed by atoms with Gasteiger partial charge < -0.3 is 4.90 Å². The van der Waals surface area contributed by atoms with Gasteiger partial charge >= 0.3 is 0 Å². The molecule has 3 amide bonds. The van der Waals surface area contributed by atoms with Gasteiger partial charge in [-0.3, -0.25) is 25.2 Å². The summed E-state index contributed by atoms with van der Waals surface area (Å²) in [4.78, 5) is 38.6. The first-order valence-electron chi connectivity index (χ1n) is 8.20. The van der Waals surface area contributed by atoms with Gasteiger partial charge in [0.1, 0.15) is 6.04 Å². The molecule has 1 saturated carbocycles. The zero-order valence-electron chi connectivity index (χ0n) is 13.4. The molecule has 6 nitrogen and oxygen atoms in total. The van der Waals surface area contributed by atoms with Crippen LogP contribution in [0.5, 0.6) is 0 Å². The van der Waals surface area contributed by atoms with Crippen molar-refractivity contribution in [1.29, 1.82) is 0 Å². The first kappa shape index (κ1) is 16.8. The number of hydrogen-bond acceptors (Lipinski definition) is 4. The Kier molecular flexibility index (Phi) is 5.40. The maximum atomic E-state index is 12.6. The summed E-state index contributed by atoms with van der Waals surface area (Å²) >= 11 is 1.57. The number of carbonyl (C=O) groups excluding carboxylic acids is 3. The Morgan fingerprint density at radius 3 is 2.46 bits per heavy atom. The van der Waals surface area contributed by atoms with Crippen molar-refractivity contribution in [2.24, 2.45) is 5.92 Å². The minimum Gasteiger partial charge on any atom is -0.320 e. The van der Waals surface area contributed by atoms with Gasteiger partial charge in [0, 0.05) is 17.2 Å². The second-order valence-corrected chi connectivity index (χ2v) is 7.11. The number of nitrogens with one attached hydrogen (secondary N) is 2. The third kappa shape index (κ3) is 3.72. The van der Waals surface area contributed by atoms with Crippen LogP contribution in [-0.4, -0.2) is 40.3 Å². The van der Waals surface area contributed by atoms with E-state index in [0.717, 1.165) is 25.7 Å². The molecule has 1 unspecified atom stereocenters. The van der Waals surface area contributed by atoms with Crippen LogP contribution in [0, 0.1) is 5.92 Å². The molecule has 2 N–H and O–H groups in total. The van der Waals surface area contributed by atoms with Gasteiger partial charge in [-0.05, 0) is 25.0 Å². The summed E-state index contributed by atoms with van der Waals surface area (Å²) < 4.78 is 0. The first-order chi connectivity index (χ1) is 11.7. The van der Waals surface area contributed by atoms with Gasteiger partial charge in [0.2, 0.25) is 5.91 Å². The summed E-state index contributed by atoms with van der Waals surface area (Å²) in [5.74, 6) is 0.523. The summed E-state index contributed by atoms with van der Waals surface area (Å²) in [7, 11) is 0. The maximum Gasteiger partial charge on any atom is 0.269 e. The topological polar surface area (TPSA) is 78.5 Å². The SMILES string of the molecule is O=C(NNC(=O)C1CSCN1C(=O)C1CCCC1)c1ccccc1. The molecule has 2 fully saturated rings. The number of nitrogens with zero attached hydrogens (tertiary/aromatic N) is 1. The van der Waals surface area contributed by atoms with Crippen LogP contribution in [0.3, 0.4) is 0 Å². The summed E-state index contributed by atoms with van der Waals surface area (Å²) in [5, 5.41) is 0. The van der Waals surface area contributed by atoms with Gasteiger partial charge in [0.25, 0.3) is 11.8 Å². The van der Waals surface area contributed by atoms with Crippen molar-refractivity contribution in [3.63, 3.8) is 0 Å². The smallest absolute Gasteiger partial charge is 0.269 e. The predicted octanol–water partition coefficient (Wildman–Crippen LogP) is 1.54. The van der Waals surface area contributed by atoms with Crippen LogP contribution in [0.15, 0.2) is 30.3 Å². The van der Waals surface area contributed by atoms with Crippen LogP contribution in [0.1, 0.15) is 36.0 Å². The summed E-state index contributed by atoms with van der Waals surface area (Å²) in [6.07, 6.45) is 4.00. The van der Waals surface area contributed by atoms with Crippen LogP contribution in [0.2, 0.25) is 0 Å². The Morgan fingerprint density at radius 2 is 1.75 bits per heavy atom. The monoisotopic (exact) mass is 347 g/mol. The van der Waals surface area contributed by atoms with Crippen LogP contribution in [0.4, 0.5) is 0 Å². The fraction of sp³-hybridized carbons (Fsp3) is 0.471. The number of carbonyl (C=O) groups is 3. The largest absolute Gasteiger partial charge is 0.320 e. The highest BCUT2D eigenvalue weighted by atomic mass is 32.2. The highest BCUT2D eigenvalue weighted by molar-refractivity contribution is 7.99. The number of hydrogen-bond donors (Lipinski definition) is 2. The molecule has 0 radical (unpaired) electrons. The third-order valence-electron chi connectivity index (χ3n) is 4.51. The van der Waals surface area contributed by atoms with Crippen molar-refractivity contribution in [3.8, 4) is 0 Å². The van der Waals surface area contributed by atoms with Crippen LogP contribution in [0.25, 0.3) is 0 Å².